The first-order chi connectivity index (χ1) is 8.94. The average Bonchev–Trinajstić information content (AvgIpc) is 2.39. The third-order valence-corrected chi connectivity index (χ3v) is 5.62. The van der Waals surface area contributed by atoms with Gasteiger partial charge in [-0.3, -0.25) is 4.79 Å². The van der Waals surface area contributed by atoms with Crippen LogP contribution in [0.3, 0.4) is 0 Å². The molecule has 1 aliphatic rings. The van der Waals surface area contributed by atoms with Gasteiger partial charge in [-0.15, -0.1) is 12.4 Å². The van der Waals surface area contributed by atoms with Crippen LogP contribution in [0.4, 0.5) is 0 Å². The second kappa shape index (κ2) is 8.81. The molecule has 1 saturated heterocycles. The van der Waals surface area contributed by atoms with Crippen LogP contribution in [-0.4, -0.2) is 62.0 Å². The topological polar surface area (TPSA) is 83.7 Å². The van der Waals surface area contributed by atoms with Crippen molar-refractivity contribution in [1.29, 1.82) is 0 Å². The van der Waals surface area contributed by atoms with Gasteiger partial charge in [0.1, 0.15) is 5.75 Å². The Bertz CT molecular complexity index is 391. The van der Waals surface area contributed by atoms with E-state index in [4.69, 9.17) is 5.73 Å². The van der Waals surface area contributed by atoms with Gasteiger partial charge in [0.05, 0.1) is 0 Å². The molecule has 0 saturated carbocycles. The maximum Gasteiger partial charge on any atom is 0.239 e. The lowest BCUT2D eigenvalue weighted by atomic mass is 9.97. The Morgan fingerprint density at radius 3 is 2.15 bits per heavy atom. The molecule has 2 N–H and O–H groups in total. The van der Waals surface area contributed by atoms with E-state index in [1.165, 1.54) is 4.31 Å². The van der Waals surface area contributed by atoms with Crippen molar-refractivity contribution in [1.82, 2.24) is 9.21 Å². The fourth-order valence-corrected chi connectivity index (χ4v) is 3.84. The van der Waals surface area contributed by atoms with E-state index in [2.05, 4.69) is 0 Å². The first-order valence-electron chi connectivity index (χ1n) is 6.90. The largest absolute Gasteiger partial charge is 0.342 e. The number of amides is 1. The third kappa shape index (κ3) is 5.20. The fourth-order valence-electron chi connectivity index (χ4n) is 2.37. The zero-order valence-electron chi connectivity index (χ0n) is 12.2. The van der Waals surface area contributed by atoms with Crippen LogP contribution in [0.25, 0.3) is 0 Å². The first-order valence-corrected chi connectivity index (χ1v) is 8.51. The number of rotatable bonds is 6. The van der Waals surface area contributed by atoms with Crippen molar-refractivity contribution in [2.75, 3.05) is 38.5 Å². The number of carbonyl (C=O) groups excluding carboxylic acids is 1. The van der Waals surface area contributed by atoms with Crippen LogP contribution in [0.1, 0.15) is 26.7 Å². The SMILES string of the molecule is CCN(CC)S(=O)(=O)CC(=O)N1CCC(CN)CC1.Cl. The summed E-state index contributed by atoms with van der Waals surface area (Å²) in [5, 5.41) is 0. The number of hydrogen-bond donors (Lipinski definition) is 1. The molecular formula is C12H26ClN3O3S. The molecular weight excluding hydrogens is 302 g/mol. The molecule has 1 aliphatic heterocycles. The maximum atomic E-state index is 12.0. The number of hydrogen-bond acceptors (Lipinski definition) is 4. The Morgan fingerprint density at radius 2 is 1.75 bits per heavy atom. The Kier molecular flexibility index (Phi) is 8.65. The van der Waals surface area contributed by atoms with Crippen molar-refractivity contribution in [3.63, 3.8) is 0 Å². The Morgan fingerprint density at radius 1 is 1.25 bits per heavy atom. The molecule has 0 spiro atoms. The maximum absolute atomic E-state index is 12.0. The molecule has 0 atom stereocenters. The summed E-state index contributed by atoms with van der Waals surface area (Å²) < 4.78 is 25.4. The number of likely N-dealkylation sites (tertiary alicyclic amines) is 1. The number of halogens is 1. The molecule has 1 amide bonds. The summed E-state index contributed by atoms with van der Waals surface area (Å²) in [4.78, 5) is 13.7. The molecule has 1 fully saturated rings. The van der Waals surface area contributed by atoms with Gasteiger partial charge in [-0.2, -0.15) is 0 Å². The van der Waals surface area contributed by atoms with Crippen LogP contribution in [0.15, 0.2) is 0 Å². The fraction of sp³-hybridized carbons (Fsp3) is 0.917. The average molecular weight is 328 g/mol. The third-order valence-electron chi connectivity index (χ3n) is 3.71. The molecule has 1 heterocycles. The van der Waals surface area contributed by atoms with Gasteiger partial charge in [0.15, 0.2) is 0 Å². The van der Waals surface area contributed by atoms with Crippen LogP contribution in [0, 0.1) is 5.92 Å². The lowest BCUT2D eigenvalue weighted by molar-refractivity contribution is -0.129. The van der Waals surface area contributed by atoms with Gasteiger partial charge in [0.25, 0.3) is 0 Å². The quantitative estimate of drug-likeness (QED) is 0.759. The lowest BCUT2D eigenvalue weighted by Crippen LogP contribution is -2.45. The van der Waals surface area contributed by atoms with E-state index in [-0.39, 0.29) is 18.3 Å². The molecule has 6 nitrogen and oxygen atoms in total. The molecule has 0 bridgehead atoms. The van der Waals surface area contributed by atoms with Crippen molar-refractivity contribution in [3.05, 3.63) is 0 Å². The van der Waals surface area contributed by atoms with E-state index >= 15 is 0 Å². The summed E-state index contributed by atoms with van der Waals surface area (Å²) in [7, 11) is -3.47. The van der Waals surface area contributed by atoms with E-state index in [9.17, 15) is 13.2 Å². The number of nitrogens with zero attached hydrogens (tertiary/aromatic N) is 2. The van der Waals surface area contributed by atoms with E-state index in [1.807, 2.05) is 0 Å². The number of sulfonamides is 1. The van der Waals surface area contributed by atoms with Crippen molar-refractivity contribution in [2.24, 2.45) is 11.7 Å². The highest BCUT2D eigenvalue weighted by Gasteiger charge is 2.28. The second-order valence-corrected chi connectivity index (χ2v) is 6.87. The van der Waals surface area contributed by atoms with Crippen molar-refractivity contribution < 1.29 is 13.2 Å². The summed E-state index contributed by atoms with van der Waals surface area (Å²) >= 11 is 0. The summed E-state index contributed by atoms with van der Waals surface area (Å²) in [5.41, 5.74) is 5.60. The summed E-state index contributed by atoms with van der Waals surface area (Å²) in [6.45, 7) is 6.24. The van der Waals surface area contributed by atoms with Crippen LogP contribution in [-0.2, 0) is 14.8 Å². The molecule has 120 valence electrons. The standard InChI is InChI=1S/C12H25N3O3S.ClH/c1-3-15(4-2)19(17,18)10-12(16)14-7-5-11(9-13)6-8-14;/h11H,3-10,13H2,1-2H3;1H. The molecule has 8 heteroatoms. The Labute approximate surface area is 128 Å². The minimum absolute atomic E-state index is 0. The highest BCUT2D eigenvalue weighted by molar-refractivity contribution is 7.89. The molecule has 0 aromatic heterocycles. The summed E-state index contributed by atoms with van der Waals surface area (Å²) in [6, 6.07) is 0. The smallest absolute Gasteiger partial charge is 0.239 e. The monoisotopic (exact) mass is 327 g/mol. The van der Waals surface area contributed by atoms with Gasteiger partial charge in [0, 0.05) is 26.2 Å². The molecule has 0 aliphatic carbocycles. The van der Waals surface area contributed by atoms with E-state index in [0.29, 0.717) is 38.6 Å². The minimum atomic E-state index is -3.47. The van der Waals surface area contributed by atoms with Gasteiger partial charge in [-0.05, 0) is 25.3 Å². The molecule has 0 aromatic carbocycles. The van der Waals surface area contributed by atoms with Gasteiger partial charge < -0.3 is 10.6 Å². The van der Waals surface area contributed by atoms with Gasteiger partial charge in [-0.1, -0.05) is 13.8 Å². The predicted molar refractivity (Wildman–Crippen MR) is 82.3 cm³/mol. The van der Waals surface area contributed by atoms with Gasteiger partial charge in [-0.25, -0.2) is 12.7 Å². The van der Waals surface area contributed by atoms with Crippen molar-refractivity contribution in [2.45, 2.75) is 26.7 Å². The Hall–Kier alpha value is -0.370. The number of nitrogens with two attached hydrogens (primary N) is 1. The van der Waals surface area contributed by atoms with E-state index in [1.54, 1.807) is 18.7 Å². The number of piperidine rings is 1. The normalized spacial score (nSPS) is 17.1. The Balaban J connectivity index is 0.00000361. The zero-order valence-corrected chi connectivity index (χ0v) is 13.9. The second-order valence-electron chi connectivity index (χ2n) is 4.90. The number of carbonyl (C=O) groups is 1. The molecule has 1 rings (SSSR count). The highest BCUT2D eigenvalue weighted by Crippen LogP contribution is 2.16. The van der Waals surface area contributed by atoms with Gasteiger partial charge in [0.2, 0.25) is 15.9 Å². The molecule has 0 unspecified atom stereocenters. The van der Waals surface area contributed by atoms with Crippen LogP contribution in [0.5, 0.6) is 0 Å². The molecule has 0 radical (unpaired) electrons. The zero-order chi connectivity index (χ0) is 14.5. The lowest BCUT2D eigenvalue weighted by Gasteiger charge is -2.31. The van der Waals surface area contributed by atoms with Crippen LogP contribution < -0.4 is 5.73 Å². The summed E-state index contributed by atoms with van der Waals surface area (Å²) in [5.74, 6) is -0.243. The highest BCUT2D eigenvalue weighted by atomic mass is 35.5. The minimum Gasteiger partial charge on any atom is -0.342 e. The van der Waals surface area contributed by atoms with E-state index in [0.717, 1.165) is 12.8 Å². The first kappa shape index (κ1) is 19.6. The molecule has 20 heavy (non-hydrogen) atoms. The van der Waals surface area contributed by atoms with Crippen LogP contribution in [0.2, 0.25) is 0 Å². The van der Waals surface area contributed by atoms with Crippen molar-refractivity contribution in [3.8, 4) is 0 Å². The predicted octanol–water partition coefficient (Wildman–Crippen LogP) is 0.277. The summed E-state index contributed by atoms with van der Waals surface area (Å²) in [6.07, 6.45) is 1.74. The van der Waals surface area contributed by atoms with Gasteiger partial charge >= 0.3 is 0 Å². The molecule has 0 aromatic rings. The van der Waals surface area contributed by atoms with Crippen molar-refractivity contribution >= 4 is 28.3 Å². The van der Waals surface area contributed by atoms with Crippen LogP contribution >= 0.6 is 12.4 Å². The van der Waals surface area contributed by atoms with E-state index < -0.39 is 15.8 Å².